The van der Waals surface area contributed by atoms with Gasteiger partial charge in [0.05, 0.1) is 17.1 Å². The number of aryl methyl sites for hydroxylation is 1. The van der Waals surface area contributed by atoms with Crippen LogP contribution in [-0.4, -0.2) is 17.3 Å². The van der Waals surface area contributed by atoms with Crippen LogP contribution in [0, 0.1) is 0 Å². The molecule has 0 radical (unpaired) electrons. The molecule has 3 nitrogen and oxygen atoms in total. The van der Waals surface area contributed by atoms with Gasteiger partial charge in [0.25, 0.3) is 0 Å². The van der Waals surface area contributed by atoms with E-state index in [0.717, 1.165) is 23.9 Å². The second-order valence-electron chi connectivity index (χ2n) is 4.70. The van der Waals surface area contributed by atoms with E-state index < -0.39 is 0 Å². The van der Waals surface area contributed by atoms with E-state index in [1.807, 2.05) is 29.3 Å². The fraction of sp³-hybridized carbons (Fsp3) is 0.500. The number of aromatic nitrogens is 1. The minimum absolute atomic E-state index is 0.170. The molecule has 5 heteroatoms. The molecular formula is C14H18N2OS2. The molecule has 0 fully saturated rings. The van der Waals surface area contributed by atoms with E-state index in [0.29, 0.717) is 0 Å². The van der Waals surface area contributed by atoms with Crippen molar-refractivity contribution in [3.8, 4) is 10.6 Å². The molecule has 102 valence electrons. The fourth-order valence-corrected chi connectivity index (χ4v) is 4.58. The monoisotopic (exact) mass is 294 g/mol. The number of hydrogen-bond acceptors (Lipinski definition) is 5. The van der Waals surface area contributed by atoms with E-state index in [1.54, 1.807) is 0 Å². The van der Waals surface area contributed by atoms with Crippen LogP contribution in [0.2, 0.25) is 0 Å². The maximum absolute atomic E-state index is 5.89. The van der Waals surface area contributed by atoms with Crippen LogP contribution in [0.1, 0.15) is 36.2 Å². The van der Waals surface area contributed by atoms with Gasteiger partial charge in [-0.25, -0.2) is 4.98 Å². The minimum Gasteiger partial charge on any atom is -0.438 e. The molecule has 3 heterocycles. The second kappa shape index (κ2) is 5.69. The van der Waals surface area contributed by atoms with Crippen LogP contribution in [0.5, 0.6) is 0 Å². The van der Waals surface area contributed by atoms with Gasteiger partial charge in [-0.15, -0.1) is 11.3 Å². The summed E-state index contributed by atoms with van der Waals surface area (Å²) in [5.74, 6) is 4.06. The molecular weight excluding hydrogens is 276 g/mol. The van der Waals surface area contributed by atoms with Crippen LogP contribution in [0.3, 0.4) is 0 Å². The van der Waals surface area contributed by atoms with Gasteiger partial charge in [-0.05, 0) is 37.3 Å². The van der Waals surface area contributed by atoms with Crippen molar-refractivity contribution in [1.82, 2.24) is 10.3 Å². The molecule has 0 spiro atoms. The molecule has 0 saturated heterocycles. The average molecular weight is 294 g/mol. The Morgan fingerprint density at radius 3 is 3.21 bits per heavy atom. The summed E-state index contributed by atoms with van der Waals surface area (Å²) in [6, 6.07) is 2.44. The summed E-state index contributed by atoms with van der Waals surface area (Å²) in [6.07, 6.45) is 3.05. The molecule has 0 bridgehead atoms. The van der Waals surface area contributed by atoms with Crippen molar-refractivity contribution in [1.29, 1.82) is 0 Å². The van der Waals surface area contributed by atoms with Crippen molar-refractivity contribution in [2.45, 2.75) is 32.1 Å². The highest BCUT2D eigenvalue weighted by molar-refractivity contribution is 7.98. The van der Waals surface area contributed by atoms with E-state index in [4.69, 9.17) is 4.42 Å². The first-order chi connectivity index (χ1) is 9.28. The molecule has 0 aliphatic carbocycles. The van der Waals surface area contributed by atoms with E-state index >= 15 is 0 Å². The zero-order valence-electron chi connectivity index (χ0n) is 11.2. The fourth-order valence-electron chi connectivity index (χ4n) is 2.26. The van der Waals surface area contributed by atoms with Crippen molar-refractivity contribution in [3.05, 3.63) is 28.6 Å². The topological polar surface area (TPSA) is 38.1 Å². The van der Waals surface area contributed by atoms with E-state index in [1.165, 1.54) is 27.5 Å². The van der Waals surface area contributed by atoms with Crippen LogP contribution in [0.15, 0.2) is 16.7 Å². The maximum atomic E-state index is 5.89. The Hall–Kier alpha value is -0.780. The molecule has 0 amide bonds. The number of fused-ring (bicyclic) bond motifs is 1. The lowest BCUT2D eigenvalue weighted by atomic mass is 10.2. The Morgan fingerprint density at radius 1 is 1.53 bits per heavy atom. The molecule has 2 aromatic rings. The lowest BCUT2D eigenvalue weighted by Crippen LogP contribution is -2.17. The predicted octanol–water partition coefficient (Wildman–Crippen LogP) is 3.86. The Labute approximate surface area is 121 Å². The first-order valence-corrected chi connectivity index (χ1v) is 8.64. The standard InChI is InChI=1S/C14H18N2OS2/c1-3-15-9(2)14-16-7-11(17-14)13-6-10-8-18-5-4-12(10)19-13/h6-7,9,15H,3-5,8H2,1-2H3. The highest BCUT2D eigenvalue weighted by atomic mass is 32.2. The predicted molar refractivity (Wildman–Crippen MR) is 81.8 cm³/mol. The number of nitrogens with one attached hydrogen (secondary N) is 1. The largest absolute Gasteiger partial charge is 0.438 e. The van der Waals surface area contributed by atoms with Gasteiger partial charge in [0.1, 0.15) is 0 Å². The second-order valence-corrected chi connectivity index (χ2v) is 6.95. The van der Waals surface area contributed by atoms with Gasteiger partial charge in [0, 0.05) is 10.6 Å². The zero-order chi connectivity index (χ0) is 13.2. The number of thiophene rings is 1. The summed E-state index contributed by atoms with van der Waals surface area (Å²) in [6.45, 7) is 5.09. The zero-order valence-corrected chi connectivity index (χ0v) is 12.9. The Bertz CT molecular complexity index is 538. The molecule has 2 aromatic heterocycles. The lowest BCUT2D eigenvalue weighted by Gasteiger charge is -2.08. The Kier molecular flexibility index (Phi) is 3.96. The van der Waals surface area contributed by atoms with Gasteiger partial charge in [-0.3, -0.25) is 0 Å². The molecule has 1 unspecified atom stereocenters. The summed E-state index contributed by atoms with van der Waals surface area (Å²) in [5.41, 5.74) is 1.48. The summed E-state index contributed by atoms with van der Waals surface area (Å²) < 4.78 is 5.89. The first kappa shape index (κ1) is 13.2. The number of rotatable bonds is 4. The SMILES string of the molecule is CCNC(C)c1ncc(-c2cc3c(s2)CCSC3)o1. The Morgan fingerprint density at radius 2 is 2.42 bits per heavy atom. The molecule has 3 rings (SSSR count). The third-order valence-corrected chi connectivity index (χ3v) is 5.53. The van der Waals surface area contributed by atoms with Crippen LogP contribution >= 0.6 is 23.1 Å². The normalized spacial score (nSPS) is 16.3. The molecule has 1 aliphatic rings. The van der Waals surface area contributed by atoms with Gasteiger partial charge >= 0.3 is 0 Å². The van der Waals surface area contributed by atoms with Gasteiger partial charge in [-0.1, -0.05) is 6.92 Å². The average Bonchev–Trinajstić information content (AvgIpc) is 3.05. The number of oxazole rings is 1. The summed E-state index contributed by atoms with van der Waals surface area (Å²) in [4.78, 5) is 7.13. The first-order valence-electron chi connectivity index (χ1n) is 6.66. The van der Waals surface area contributed by atoms with Crippen LogP contribution < -0.4 is 5.32 Å². The van der Waals surface area contributed by atoms with Crippen LogP contribution in [0.4, 0.5) is 0 Å². The quantitative estimate of drug-likeness (QED) is 0.929. The maximum Gasteiger partial charge on any atom is 0.211 e. The molecule has 0 saturated carbocycles. The highest BCUT2D eigenvalue weighted by Crippen LogP contribution is 2.37. The lowest BCUT2D eigenvalue weighted by molar-refractivity contribution is 0.429. The van der Waals surface area contributed by atoms with Crippen molar-refractivity contribution in [3.63, 3.8) is 0 Å². The van der Waals surface area contributed by atoms with E-state index in [2.05, 4.69) is 30.2 Å². The van der Waals surface area contributed by atoms with Crippen molar-refractivity contribution < 1.29 is 4.42 Å². The van der Waals surface area contributed by atoms with Crippen molar-refractivity contribution >= 4 is 23.1 Å². The Balaban J connectivity index is 1.84. The summed E-state index contributed by atoms with van der Waals surface area (Å²) in [5, 5.41) is 3.32. The number of nitrogens with zero attached hydrogens (tertiary/aromatic N) is 1. The van der Waals surface area contributed by atoms with Gasteiger partial charge < -0.3 is 9.73 Å². The van der Waals surface area contributed by atoms with Crippen molar-refractivity contribution in [2.75, 3.05) is 12.3 Å². The molecule has 1 aliphatic heterocycles. The minimum atomic E-state index is 0.170. The molecule has 1 atom stereocenters. The molecule has 0 aromatic carbocycles. The van der Waals surface area contributed by atoms with E-state index in [-0.39, 0.29) is 6.04 Å². The van der Waals surface area contributed by atoms with Crippen LogP contribution in [-0.2, 0) is 12.2 Å². The number of hydrogen-bond donors (Lipinski definition) is 1. The number of thioether (sulfide) groups is 1. The third kappa shape index (κ3) is 2.73. The molecule has 1 N–H and O–H groups in total. The van der Waals surface area contributed by atoms with Crippen molar-refractivity contribution in [2.24, 2.45) is 0 Å². The summed E-state index contributed by atoms with van der Waals surface area (Å²) >= 11 is 3.87. The summed E-state index contributed by atoms with van der Waals surface area (Å²) in [7, 11) is 0. The highest BCUT2D eigenvalue weighted by Gasteiger charge is 2.18. The van der Waals surface area contributed by atoms with Gasteiger partial charge in [-0.2, -0.15) is 11.8 Å². The third-order valence-electron chi connectivity index (χ3n) is 3.27. The van der Waals surface area contributed by atoms with Gasteiger partial charge in [0.2, 0.25) is 5.89 Å². The van der Waals surface area contributed by atoms with Crippen LogP contribution in [0.25, 0.3) is 10.6 Å². The smallest absolute Gasteiger partial charge is 0.211 e. The van der Waals surface area contributed by atoms with E-state index in [9.17, 15) is 0 Å². The molecule has 19 heavy (non-hydrogen) atoms. The van der Waals surface area contributed by atoms with Gasteiger partial charge in [0.15, 0.2) is 5.76 Å².